The Hall–Kier alpha value is -5.99. The van der Waals surface area contributed by atoms with E-state index in [9.17, 15) is 79.2 Å². The highest BCUT2D eigenvalue weighted by molar-refractivity contribution is 5.86. The van der Waals surface area contributed by atoms with Crippen molar-refractivity contribution >= 4 is 53.7 Å². The number of nitriles is 2. The molecule has 24 bridgehead atoms. The Morgan fingerprint density at radius 1 is 0.299 bits per heavy atom. The lowest BCUT2D eigenvalue weighted by Crippen LogP contribution is -2.67. The van der Waals surface area contributed by atoms with Gasteiger partial charge in [0.1, 0.15) is 52.4 Å². The van der Waals surface area contributed by atoms with Crippen LogP contribution in [-0.4, -0.2) is 160 Å². The molecule has 0 aromatic heterocycles. The molecule has 16 unspecified atom stereocenters. The van der Waals surface area contributed by atoms with Crippen LogP contribution in [0.2, 0.25) is 0 Å². The Balaban J connectivity index is 0.000000129. The van der Waals surface area contributed by atoms with Gasteiger partial charge in [0.05, 0.1) is 78.0 Å². The number of aliphatic hydroxyl groups is 5. The molecule has 26 fully saturated rings. The zero-order chi connectivity index (χ0) is 109. The fraction of sp³-hybridized carbons (Fsp3) is 0.910. The minimum Gasteiger partial charge on any atom is -0.459 e. The summed E-state index contributed by atoms with van der Waals surface area (Å²) in [4.78, 5) is 111. The van der Waals surface area contributed by atoms with E-state index in [1.54, 1.807) is 0 Å². The molecule has 24 aliphatic carbocycles. The molecule has 2 heterocycles. The molecule has 2 aliphatic heterocycles. The molecule has 147 heavy (non-hydrogen) atoms. The number of hydrogen-bond acceptors (Lipinski definition) is 25. The van der Waals surface area contributed by atoms with Gasteiger partial charge >= 0.3 is 53.7 Å². The second kappa shape index (κ2) is 38.5. The Labute approximate surface area is 880 Å². The summed E-state index contributed by atoms with van der Waals surface area (Å²) in [5.74, 6) is 5.38. The van der Waals surface area contributed by atoms with Crippen LogP contribution in [0.25, 0.3) is 0 Å². The number of fused-ring (bicyclic) bond motifs is 2. The Kier molecular flexibility index (Phi) is 30.1. The van der Waals surface area contributed by atoms with Gasteiger partial charge in [-0.2, -0.15) is 10.5 Å². The van der Waals surface area contributed by atoms with Crippen molar-refractivity contribution in [2.24, 2.45) is 153 Å². The molecule has 25 nitrogen and oxygen atoms in total. The second-order valence-corrected chi connectivity index (χ2v) is 60.2. The fourth-order valence-electron chi connectivity index (χ4n) is 34.4. The summed E-state index contributed by atoms with van der Waals surface area (Å²) >= 11 is 0. The second-order valence-electron chi connectivity index (χ2n) is 60.2. The summed E-state index contributed by atoms with van der Waals surface area (Å²) in [7, 11) is 0. The molecule has 0 amide bonds. The zero-order valence-corrected chi connectivity index (χ0v) is 95.9. The zero-order valence-electron chi connectivity index (χ0n) is 95.9. The van der Waals surface area contributed by atoms with Crippen molar-refractivity contribution < 1.29 is 111 Å². The Morgan fingerprint density at radius 2 is 0.537 bits per heavy atom. The predicted molar refractivity (Wildman–Crippen MR) is 554 cm³/mol. The third-order valence-electron chi connectivity index (χ3n) is 44.9. The molecule has 0 radical (unpaired) electrons. The van der Waals surface area contributed by atoms with Crippen molar-refractivity contribution in [2.45, 2.75) is 544 Å². The van der Waals surface area contributed by atoms with Crippen molar-refractivity contribution in [3.8, 4) is 12.1 Å². The standard InChI is InChI=1S/C22H38O3.2C19H32O2.2C16H26O4.2C15H19NO4/c1-8-18(2,3)17(23)25-20(6,7)22-12-15-9-16(13-22)11-21(10-15,14-22)19(4,5)24;2*1-6-17(2,3)16(20)21-18(4,5)19-10-13-7-14(11-19)9-15(8-13)12-19;2*1-4-13(2,3)12(17)20-16-7-11-5-14(18,9-16)8-15(19,6-11)10-16;2*1-4-14(2,3)12(17)19-10-8-5-9-11(10)20-13(18)15(9,6-8)7-16/h15-16,24H,8-14H2,1-7H3;2*13-15H,6-12H2,1-5H3;2*11,18-19H,4-10H2,1-3H3;2*8-11H,4-6H2,1-3H3. The van der Waals surface area contributed by atoms with Gasteiger partial charge in [0, 0.05) is 78.4 Å². The third kappa shape index (κ3) is 21.0. The summed E-state index contributed by atoms with van der Waals surface area (Å²) in [5.41, 5.74) is -11.1. The van der Waals surface area contributed by atoms with Crippen LogP contribution in [0.4, 0.5) is 0 Å². The topological polar surface area (TPSA) is 385 Å². The fourth-order valence-corrected chi connectivity index (χ4v) is 34.4. The first-order valence-corrected chi connectivity index (χ1v) is 58.0. The van der Waals surface area contributed by atoms with Crippen LogP contribution in [0.1, 0.15) is 464 Å². The molecule has 0 aromatic carbocycles. The predicted octanol–water partition coefficient (Wildman–Crippen LogP) is 23.0. The van der Waals surface area contributed by atoms with Gasteiger partial charge in [-0.3, -0.25) is 43.2 Å². The van der Waals surface area contributed by atoms with Crippen molar-refractivity contribution in [3.63, 3.8) is 0 Å². The number of carbonyl (C=O) groups is 9. The number of ether oxygens (including phenoxy) is 9. The maximum absolute atomic E-state index is 12.8. The van der Waals surface area contributed by atoms with Gasteiger partial charge < -0.3 is 68.2 Å². The van der Waals surface area contributed by atoms with Crippen molar-refractivity contribution in [1.82, 2.24) is 0 Å². The van der Waals surface area contributed by atoms with E-state index in [4.69, 9.17) is 42.6 Å². The highest BCUT2D eigenvalue weighted by Crippen LogP contribution is 2.74. The van der Waals surface area contributed by atoms with Gasteiger partial charge in [0.25, 0.3) is 0 Å². The molecule has 0 aromatic rings. The molecule has 16 atom stereocenters. The highest BCUT2D eigenvalue weighted by atomic mass is 16.6. The van der Waals surface area contributed by atoms with Gasteiger partial charge in [-0.15, -0.1) is 0 Å². The first kappa shape index (κ1) is 115. The number of esters is 9. The number of rotatable bonds is 25. The van der Waals surface area contributed by atoms with Crippen LogP contribution in [0.3, 0.4) is 0 Å². The molecule has 2 saturated heterocycles. The lowest BCUT2D eigenvalue weighted by atomic mass is 9.38. The summed E-state index contributed by atoms with van der Waals surface area (Å²) in [6, 6.07) is 4.30. The molecular weight excluding hydrogens is 1860 g/mol. The van der Waals surface area contributed by atoms with Gasteiger partial charge in [-0.25, -0.2) is 0 Å². The first-order chi connectivity index (χ1) is 67.5. The van der Waals surface area contributed by atoms with E-state index >= 15 is 0 Å². The summed E-state index contributed by atoms with van der Waals surface area (Å²) in [6.07, 6.45) is 36.7. The summed E-state index contributed by atoms with van der Waals surface area (Å²) < 4.78 is 52.2. The molecule has 828 valence electrons. The summed E-state index contributed by atoms with van der Waals surface area (Å²) in [6.45, 7) is 57.9. The van der Waals surface area contributed by atoms with Crippen LogP contribution in [0.15, 0.2) is 0 Å². The Morgan fingerprint density at radius 3 is 0.789 bits per heavy atom. The van der Waals surface area contributed by atoms with Crippen molar-refractivity contribution in [1.29, 1.82) is 10.5 Å². The van der Waals surface area contributed by atoms with Crippen molar-refractivity contribution in [3.05, 3.63) is 0 Å². The maximum Gasteiger partial charge on any atom is 0.327 e. The van der Waals surface area contributed by atoms with E-state index in [0.717, 1.165) is 151 Å². The number of nitrogens with zero attached hydrogens (tertiary/aromatic N) is 2. The molecule has 24 saturated carbocycles. The van der Waals surface area contributed by atoms with E-state index in [0.29, 0.717) is 76.0 Å². The van der Waals surface area contributed by atoms with Gasteiger partial charge in [0.2, 0.25) is 0 Å². The third-order valence-corrected chi connectivity index (χ3v) is 44.9. The normalized spacial score (nSPS) is 41.4. The lowest BCUT2D eigenvalue weighted by Gasteiger charge is -2.68. The quantitative estimate of drug-likeness (QED) is 0.0418. The maximum atomic E-state index is 12.8. The minimum absolute atomic E-state index is 0.00857. The van der Waals surface area contributed by atoms with Gasteiger partial charge in [0.15, 0.2) is 10.8 Å². The Bertz CT molecular complexity index is 4700. The highest BCUT2D eigenvalue weighted by Gasteiger charge is 2.76. The largest absolute Gasteiger partial charge is 0.459 e. The van der Waals surface area contributed by atoms with E-state index in [-0.39, 0.29) is 133 Å². The van der Waals surface area contributed by atoms with Crippen LogP contribution in [0, 0.1) is 176 Å². The monoisotopic (exact) mass is 2050 g/mol. The lowest BCUT2D eigenvalue weighted by molar-refractivity contribution is -0.265. The number of carbonyl (C=O) groups excluding carboxylic acids is 9. The van der Waals surface area contributed by atoms with Crippen LogP contribution in [0.5, 0.6) is 0 Å². The van der Waals surface area contributed by atoms with Gasteiger partial charge in [-0.05, 0) is 442 Å². The smallest absolute Gasteiger partial charge is 0.327 e. The average molecular weight is 2050 g/mol. The van der Waals surface area contributed by atoms with Crippen LogP contribution < -0.4 is 0 Å². The van der Waals surface area contributed by atoms with E-state index < -0.39 is 107 Å². The molecule has 26 aliphatic rings. The first-order valence-electron chi connectivity index (χ1n) is 58.0. The minimum atomic E-state index is -0.974. The molecule has 0 spiro atoms. The van der Waals surface area contributed by atoms with E-state index in [2.05, 4.69) is 67.5 Å². The van der Waals surface area contributed by atoms with E-state index in [1.165, 1.54) is 83.5 Å². The molecule has 5 N–H and O–H groups in total. The SMILES string of the molecule is CCC(C)(C)C(=O)OC(C)(C)C12CC3CC(CC(C(C)(C)O)(C3)C1)C2.CCC(C)(C)C(=O)OC(C)(C)C12CC3CC(CC(C3)C1)C2.CCC(C)(C)C(=O)OC(C)(C)C12CC3CC(CC(C3)C1)C2.CCC(C)(C)C(=O)OC12CC3CC(O)(CC(O)(C3)C1)C2.CCC(C)(C)C(=O)OC12CC3CC(O)(CC(O)(C3)C1)C2.CCC(C)(C)C(=O)OC1C2CC3C1OC(=O)C3(C#N)C2.CCC(C)(C)C(=O)OC1C2CC3C1OC(=O)C3(C#N)C2. The summed E-state index contributed by atoms with van der Waals surface area (Å²) in [5, 5.41) is 72.2. The van der Waals surface area contributed by atoms with E-state index in [1.807, 2.05) is 145 Å². The molecule has 25 heteroatoms. The molecule has 26 rings (SSSR count). The molecular formula is C122H192N2O23. The average Bonchev–Trinajstić information content (AvgIpc) is 1.47. The number of hydrogen-bond donors (Lipinski definition) is 5. The van der Waals surface area contributed by atoms with Crippen LogP contribution >= 0.6 is 0 Å². The van der Waals surface area contributed by atoms with Gasteiger partial charge in [-0.1, -0.05) is 48.5 Å². The van der Waals surface area contributed by atoms with Crippen molar-refractivity contribution in [2.75, 3.05) is 0 Å². The van der Waals surface area contributed by atoms with Crippen LogP contribution in [-0.2, 0) is 85.8 Å².